The molecule has 0 heterocycles. The third kappa shape index (κ3) is 2.18. The Labute approximate surface area is 122 Å². The minimum atomic E-state index is 0.381. The number of aryl methyl sites for hydroxylation is 1. The van der Waals surface area contributed by atoms with Crippen LogP contribution in [-0.4, -0.2) is 7.11 Å². The molecule has 0 N–H and O–H groups in total. The quantitative estimate of drug-likeness (QED) is 0.740. The second-order valence-corrected chi connectivity index (χ2v) is 6.13. The number of hydrogen-bond donors (Lipinski definition) is 0. The molecule has 0 fully saturated rings. The van der Waals surface area contributed by atoms with Crippen LogP contribution in [0.25, 0.3) is 0 Å². The zero-order valence-electron chi connectivity index (χ0n) is 11.2. The van der Waals surface area contributed by atoms with Crippen LogP contribution in [0.2, 0.25) is 0 Å². The van der Waals surface area contributed by atoms with Crippen molar-refractivity contribution in [3.63, 3.8) is 0 Å². The number of benzene rings is 2. The Balaban J connectivity index is 1.86. The van der Waals surface area contributed by atoms with Crippen molar-refractivity contribution in [3.8, 4) is 5.75 Å². The van der Waals surface area contributed by atoms with Crippen LogP contribution in [0, 0.1) is 6.92 Å². The molecule has 1 nitrogen and oxygen atoms in total. The monoisotopic (exact) mass is 316 g/mol. The summed E-state index contributed by atoms with van der Waals surface area (Å²) in [6.45, 7) is 2.09. The molecule has 0 aromatic heterocycles. The summed E-state index contributed by atoms with van der Waals surface area (Å²) in [5.74, 6) is 1.54. The summed E-state index contributed by atoms with van der Waals surface area (Å²) in [5.41, 5.74) is 5.50. The van der Waals surface area contributed by atoms with Crippen molar-refractivity contribution in [1.29, 1.82) is 0 Å². The summed E-state index contributed by atoms with van der Waals surface area (Å²) < 4.78 is 5.32. The second kappa shape index (κ2) is 5.01. The molecule has 0 amide bonds. The molecule has 2 aromatic rings. The van der Waals surface area contributed by atoms with Gasteiger partial charge in [-0.15, -0.1) is 0 Å². The standard InChI is InChI=1S/C17H17BrO/c1-11-9-13(7-8-16(11)19-2)17(18)15-10-12-5-3-4-6-14(12)15/h3-9,15,17H,10H2,1-2H3. The fourth-order valence-electron chi connectivity index (χ4n) is 2.86. The minimum Gasteiger partial charge on any atom is -0.496 e. The summed E-state index contributed by atoms with van der Waals surface area (Å²) in [4.78, 5) is 0.381. The largest absolute Gasteiger partial charge is 0.496 e. The molecule has 0 saturated carbocycles. The molecule has 3 rings (SSSR count). The summed E-state index contributed by atoms with van der Waals surface area (Å²) in [6, 6.07) is 15.2. The van der Waals surface area contributed by atoms with Crippen LogP contribution in [0.15, 0.2) is 42.5 Å². The fourth-order valence-corrected chi connectivity index (χ4v) is 3.62. The maximum atomic E-state index is 5.32. The Morgan fingerprint density at radius 1 is 1.21 bits per heavy atom. The van der Waals surface area contributed by atoms with Gasteiger partial charge in [0.2, 0.25) is 0 Å². The first-order chi connectivity index (χ1) is 9.20. The molecule has 1 aliphatic carbocycles. The van der Waals surface area contributed by atoms with Gasteiger partial charge in [0, 0.05) is 10.7 Å². The van der Waals surface area contributed by atoms with Crippen molar-refractivity contribution < 1.29 is 4.74 Å². The molecular weight excluding hydrogens is 300 g/mol. The van der Waals surface area contributed by atoms with Crippen LogP contribution in [0.1, 0.15) is 33.0 Å². The fraction of sp³-hybridized carbons (Fsp3) is 0.294. The van der Waals surface area contributed by atoms with E-state index in [0.717, 1.165) is 12.2 Å². The highest BCUT2D eigenvalue weighted by Gasteiger charge is 2.32. The lowest BCUT2D eigenvalue weighted by Crippen LogP contribution is -2.20. The number of alkyl halides is 1. The molecular formula is C17H17BrO. The lowest BCUT2D eigenvalue weighted by Gasteiger charge is -2.34. The van der Waals surface area contributed by atoms with Gasteiger partial charge in [-0.3, -0.25) is 0 Å². The highest BCUT2D eigenvalue weighted by Crippen LogP contribution is 2.48. The first-order valence-electron chi connectivity index (χ1n) is 6.57. The van der Waals surface area contributed by atoms with Crippen LogP contribution >= 0.6 is 15.9 Å². The Morgan fingerprint density at radius 3 is 2.68 bits per heavy atom. The number of hydrogen-bond acceptors (Lipinski definition) is 1. The van der Waals surface area contributed by atoms with Crippen molar-refractivity contribution in [3.05, 3.63) is 64.7 Å². The SMILES string of the molecule is COc1ccc(C(Br)C2Cc3ccccc32)cc1C. The molecule has 1 aliphatic rings. The zero-order valence-corrected chi connectivity index (χ0v) is 12.8. The number of halogens is 1. The van der Waals surface area contributed by atoms with Crippen molar-refractivity contribution in [2.75, 3.05) is 7.11 Å². The van der Waals surface area contributed by atoms with Crippen LogP contribution < -0.4 is 4.74 Å². The van der Waals surface area contributed by atoms with Gasteiger partial charge in [0.25, 0.3) is 0 Å². The van der Waals surface area contributed by atoms with Gasteiger partial charge < -0.3 is 4.74 Å². The predicted octanol–water partition coefficient (Wildman–Crippen LogP) is 4.78. The van der Waals surface area contributed by atoms with Crippen molar-refractivity contribution in [1.82, 2.24) is 0 Å². The first-order valence-corrected chi connectivity index (χ1v) is 7.48. The summed E-state index contributed by atoms with van der Waals surface area (Å²) >= 11 is 3.87. The van der Waals surface area contributed by atoms with Crippen molar-refractivity contribution in [2.45, 2.75) is 24.1 Å². The van der Waals surface area contributed by atoms with Crippen LogP contribution in [-0.2, 0) is 6.42 Å². The minimum absolute atomic E-state index is 0.381. The van der Waals surface area contributed by atoms with Crippen LogP contribution in [0.3, 0.4) is 0 Å². The van der Waals surface area contributed by atoms with E-state index in [1.807, 2.05) is 0 Å². The third-order valence-electron chi connectivity index (χ3n) is 3.98. The molecule has 2 aromatic carbocycles. The van der Waals surface area contributed by atoms with E-state index < -0.39 is 0 Å². The van der Waals surface area contributed by atoms with E-state index in [0.29, 0.717) is 10.7 Å². The Hall–Kier alpha value is -1.28. The van der Waals surface area contributed by atoms with E-state index >= 15 is 0 Å². The predicted molar refractivity (Wildman–Crippen MR) is 82.3 cm³/mol. The van der Waals surface area contributed by atoms with Gasteiger partial charge in [-0.2, -0.15) is 0 Å². The highest BCUT2D eigenvalue weighted by atomic mass is 79.9. The second-order valence-electron chi connectivity index (χ2n) is 5.14. The smallest absolute Gasteiger partial charge is 0.121 e. The van der Waals surface area contributed by atoms with Crippen molar-refractivity contribution in [2.24, 2.45) is 0 Å². The average Bonchev–Trinajstić information content (AvgIpc) is 2.40. The van der Waals surface area contributed by atoms with Gasteiger partial charge in [-0.05, 0) is 41.7 Å². The van der Waals surface area contributed by atoms with E-state index in [1.165, 1.54) is 22.3 Å². The molecule has 0 bridgehead atoms. The number of fused-ring (bicyclic) bond motifs is 1. The molecule has 19 heavy (non-hydrogen) atoms. The normalized spacial score (nSPS) is 18.4. The zero-order chi connectivity index (χ0) is 13.4. The van der Waals surface area contributed by atoms with E-state index in [9.17, 15) is 0 Å². The summed E-state index contributed by atoms with van der Waals surface area (Å²) in [5, 5.41) is 0. The molecule has 0 aliphatic heterocycles. The molecule has 0 saturated heterocycles. The molecule has 0 spiro atoms. The average molecular weight is 317 g/mol. The molecule has 2 unspecified atom stereocenters. The Morgan fingerprint density at radius 2 is 2.00 bits per heavy atom. The van der Waals surface area contributed by atoms with Gasteiger partial charge in [0.1, 0.15) is 5.75 Å². The molecule has 2 atom stereocenters. The topological polar surface area (TPSA) is 9.23 Å². The first kappa shape index (κ1) is 12.7. The van der Waals surface area contributed by atoms with Gasteiger partial charge in [-0.25, -0.2) is 0 Å². The third-order valence-corrected chi connectivity index (χ3v) is 5.15. The maximum Gasteiger partial charge on any atom is 0.121 e. The Kier molecular flexibility index (Phi) is 3.36. The van der Waals surface area contributed by atoms with Crippen LogP contribution in [0.4, 0.5) is 0 Å². The van der Waals surface area contributed by atoms with Crippen molar-refractivity contribution >= 4 is 15.9 Å². The lowest BCUT2D eigenvalue weighted by molar-refractivity contribution is 0.411. The van der Waals surface area contributed by atoms with Gasteiger partial charge in [0.05, 0.1) is 7.11 Å². The van der Waals surface area contributed by atoms with Gasteiger partial charge in [-0.1, -0.05) is 52.3 Å². The molecule has 0 radical (unpaired) electrons. The van der Waals surface area contributed by atoms with E-state index in [-0.39, 0.29) is 0 Å². The van der Waals surface area contributed by atoms with Gasteiger partial charge in [0.15, 0.2) is 0 Å². The van der Waals surface area contributed by atoms with Crippen LogP contribution in [0.5, 0.6) is 5.75 Å². The molecule has 98 valence electrons. The summed E-state index contributed by atoms with van der Waals surface area (Å²) in [6.07, 6.45) is 1.16. The maximum absolute atomic E-state index is 5.32. The van der Waals surface area contributed by atoms with E-state index in [2.05, 4.69) is 65.3 Å². The lowest BCUT2D eigenvalue weighted by atomic mass is 9.74. The number of rotatable bonds is 3. The summed E-state index contributed by atoms with van der Waals surface area (Å²) in [7, 11) is 1.72. The Bertz CT molecular complexity index is 606. The van der Waals surface area contributed by atoms with E-state index in [4.69, 9.17) is 4.74 Å². The van der Waals surface area contributed by atoms with Gasteiger partial charge >= 0.3 is 0 Å². The van der Waals surface area contributed by atoms with E-state index in [1.54, 1.807) is 7.11 Å². The molecule has 2 heteroatoms. The number of ether oxygens (including phenoxy) is 1. The highest BCUT2D eigenvalue weighted by molar-refractivity contribution is 9.09. The number of methoxy groups -OCH3 is 1.